The molecule has 2 rings (SSSR count). The van der Waals surface area contributed by atoms with Crippen LogP contribution in [0.1, 0.15) is 34.1 Å². The number of carbonyl (C=O) groups excluding carboxylic acids is 1. The first-order valence-electron chi connectivity index (χ1n) is 7.85. The van der Waals surface area contributed by atoms with Crippen LogP contribution in [0.5, 0.6) is 0 Å². The predicted octanol–water partition coefficient (Wildman–Crippen LogP) is 1.60. The van der Waals surface area contributed by atoms with Gasteiger partial charge in [0, 0.05) is 13.1 Å². The van der Waals surface area contributed by atoms with Crippen molar-refractivity contribution in [2.75, 3.05) is 18.8 Å². The second-order valence-corrected chi connectivity index (χ2v) is 7.45. The van der Waals surface area contributed by atoms with Gasteiger partial charge in [-0.15, -0.1) is 0 Å². The summed E-state index contributed by atoms with van der Waals surface area (Å²) in [6.45, 7) is 1.87. The normalized spacial score (nSPS) is 11.4. The quantitative estimate of drug-likeness (QED) is 0.616. The Morgan fingerprint density at radius 1 is 1.04 bits per heavy atom. The third-order valence-electron chi connectivity index (χ3n) is 3.57. The second-order valence-electron chi connectivity index (χ2n) is 5.52. The van der Waals surface area contributed by atoms with Crippen molar-refractivity contribution in [1.29, 1.82) is 0 Å². The number of amides is 1. The van der Waals surface area contributed by atoms with Gasteiger partial charge in [0.1, 0.15) is 0 Å². The molecule has 0 saturated heterocycles. The number of fused-ring (bicyclic) bond motifs is 1. The van der Waals surface area contributed by atoms with E-state index in [4.69, 9.17) is 0 Å². The van der Waals surface area contributed by atoms with Crippen LogP contribution in [0.4, 0.5) is 0 Å². The molecule has 0 aliphatic carbocycles. The highest BCUT2D eigenvalue weighted by Gasteiger charge is 2.17. The molecule has 0 saturated carbocycles. The number of carboxylic acids is 1. The molecule has 0 atom stereocenters. The van der Waals surface area contributed by atoms with Gasteiger partial charge in [-0.05, 0) is 29.3 Å². The van der Waals surface area contributed by atoms with E-state index in [2.05, 4.69) is 10.0 Å². The fourth-order valence-electron chi connectivity index (χ4n) is 2.42. The summed E-state index contributed by atoms with van der Waals surface area (Å²) in [7, 11) is -3.34. The molecule has 0 aliphatic heterocycles. The zero-order valence-corrected chi connectivity index (χ0v) is 14.6. The average molecular weight is 364 g/mol. The minimum atomic E-state index is -3.34. The van der Waals surface area contributed by atoms with Gasteiger partial charge in [0.25, 0.3) is 5.91 Å². The Morgan fingerprint density at radius 2 is 1.64 bits per heavy atom. The lowest BCUT2D eigenvalue weighted by Crippen LogP contribution is -2.36. The molecule has 1 amide bonds. The molecule has 0 heterocycles. The van der Waals surface area contributed by atoms with Crippen molar-refractivity contribution >= 4 is 32.7 Å². The van der Waals surface area contributed by atoms with Crippen LogP contribution in [-0.4, -0.2) is 44.2 Å². The molecule has 0 radical (unpaired) electrons. The van der Waals surface area contributed by atoms with Gasteiger partial charge in [-0.25, -0.2) is 17.9 Å². The number of carboxylic acid groups (broad SMARTS) is 1. The van der Waals surface area contributed by atoms with Crippen LogP contribution < -0.4 is 10.0 Å². The maximum Gasteiger partial charge on any atom is 0.336 e. The maximum atomic E-state index is 12.3. The fourth-order valence-corrected chi connectivity index (χ4v) is 3.52. The lowest BCUT2D eigenvalue weighted by Gasteiger charge is -2.10. The van der Waals surface area contributed by atoms with Gasteiger partial charge < -0.3 is 10.4 Å². The molecule has 134 valence electrons. The van der Waals surface area contributed by atoms with Crippen LogP contribution in [0, 0.1) is 0 Å². The van der Waals surface area contributed by atoms with E-state index in [1.165, 1.54) is 12.1 Å². The average Bonchev–Trinajstić information content (AvgIpc) is 2.57. The Kier molecular flexibility index (Phi) is 6.11. The minimum absolute atomic E-state index is 0.0226. The Morgan fingerprint density at radius 3 is 2.20 bits per heavy atom. The molecule has 7 nitrogen and oxygen atoms in total. The molecule has 2 aromatic rings. The van der Waals surface area contributed by atoms with Crippen molar-refractivity contribution < 1.29 is 23.1 Å². The topological polar surface area (TPSA) is 113 Å². The first-order valence-corrected chi connectivity index (χ1v) is 9.51. The number of benzene rings is 2. The molecule has 0 aromatic heterocycles. The van der Waals surface area contributed by atoms with Gasteiger partial charge in [-0.1, -0.05) is 31.2 Å². The molecular weight excluding hydrogens is 344 g/mol. The molecule has 0 fully saturated rings. The van der Waals surface area contributed by atoms with E-state index in [9.17, 15) is 23.1 Å². The molecule has 0 bridgehead atoms. The van der Waals surface area contributed by atoms with Gasteiger partial charge >= 0.3 is 5.97 Å². The standard InChI is InChI=1S/C17H20N2O5S/c1-2-9-25(23,24)19-8-7-18-16(20)14-10-12-5-3-4-6-13(12)11-15(14)17(21)22/h3-6,10-11,19H,2,7-9H2,1H3,(H,18,20)(H,21,22). The van der Waals surface area contributed by atoms with Crippen molar-refractivity contribution in [2.45, 2.75) is 13.3 Å². The third-order valence-corrected chi connectivity index (χ3v) is 5.16. The number of aromatic carboxylic acids is 1. The summed E-state index contributed by atoms with van der Waals surface area (Å²) in [4.78, 5) is 23.7. The van der Waals surface area contributed by atoms with Crippen molar-refractivity contribution in [3.05, 3.63) is 47.5 Å². The Labute approximate surface area is 146 Å². The number of nitrogens with one attached hydrogen (secondary N) is 2. The first kappa shape index (κ1) is 18.9. The van der Waals surface area contributed by atoms with E-state index >= 15 is 0 Å². The van der Waals surface area contributed by atoms with Crippen molar-refractivity contribution in [3.63, 3.8) is 0 Å². The molecule has 8 heteroatoms. The van der Waals surface area contributed by atoms with E-state index in [1.54, 1.807) is 31.2 Å². The zero-order chi connectivity index (χ0) is 18.4. The van der Waals surface area contributed by atoms with Crippen LogP contribution in [0.3, 0.4) is 0 Å². The summed E-state index contributed by atoms with van der Waals surface area (Å²) < 4.78 is 25.4. The number of rotatable bonds is 8. The molecular formula is C17H20N2O5S. The van der Waals surface area contributed by atoms with Crippen LogP contribution in [0.2, 0.25) is 0 Å². The van der Waals surface area contributed by atoms with Crippen molar-refractivity contribution in [2.24, 2.45) is 0 Å². The Hall–Kier alpha value is -2.45. The van der Waals surface area contributed by atoms with Gasteiger partial charge in [0.05, 0.1) is 16.9 Å². The van der Waals surface area contributed by atoms with Crippen LogP contribution in [-0.2, 0) is 10.0 Å². The molecule has 0 aliphatic rings. The largest absolute Gasteiger partial charge is 0.478 e. The van der Waals surface area contributed by atoms with Crippen LogP contribution in [0.15, 0.2) is 36.4 Å². The van der Waals surface area contributed by atoms with E-state index in [-0.39, 0.29) is 30.0 Å². The summed E-state index contributed by atoms with van der Waals surface area (Å²) in [6, 6.07) is 10.1. The molecule has 3 N–H and O–H groups in total. The monoisotopic (exact) mass is 364 g/mol. The fraction of sp³-hybridized carbons (Fsp3) is 0.294. The van der Waals surface area contributed by atoms with Crippen LogP contribution in [0.25, 0.3) is 10.8 Å². The van der Waals surface area contributed by atoms with Gasteiger partial charge in [-0.2, -0.15) is 0 Å². The zero-order valence-electron chi connectivity index (χ0n) is 13.8. The SMILES string of the molecule is CCCS(=O)(=O)NCCNC(=O)c1cc2ccccc2cc1C(=O)O. The Bertz CT molecular complexity index is 893. The molecule has 2 aromatic carbocycles. The minimum Gasteiger partial charge on any atom is -0.478 e. The van der Waals surface area contributed by atoms with Gasteiger partial charge in [-0.3, -0.25) is 4.79 Å². The number of hydrogen-bond acceptors (Lipinski definition) is 4. The Balaban J connectivity index is 2.10. The first-order chi connectivity index (χ1) is 11.8. The predicted molar refractivity (Wildman–Crippen MR) is 95.3 cm³/mol. The van der Waals surface area contributed by atoms with Crippen molar-refractivity contribution in [3.8, 4) is 0 Å². The summed E-state index contributed by atoms with van der Waals surface area (Å²) >= 11 is 0. The lowest BCUT2D eigenvalue weighted by atomic mass is 10.0. The summed E-state index contributed by atoms with van der Waals surface area (Å²) in [6.07, 6.45) is 0.501. The smallest absolute Gasteiger partial charge is 0.336 e. The highest BCUT2D eigenvalue weighted by molar-refractivity contribution is 7.89. The molecule has 0 spiro atoms. The number of carbonyl (C=O) groups is 2. The molecule has 25 heavy (non-hydrogen) atoms. The number of sulfonamides is 1. The lowest BCUT2D eigenvalue weighted by molar-refractivity contribution is 0.0691. The molecule has 0 unspecified atom stereocenters. The summed E-state index contributed by atoms with van der Waals surface area (Å²) in [5.74, 6) is -1.73. The van der Waals surface area contributed by atoms with Gasteiger partial charge in [0.15, 0.2) is 0 Å². The van der Waals surface area contributed by atoms with Crippen molar-refractivity contribution in [1.82, 2.24) is 10.0 Å². The van der Waals surface area contributed by atoms with E-state index in [0.717, 1.165) is 10.8 Å². The van der Waals surface area contributed by atoms with Gasteiger partial charge in [0.2, 0.25) is 10.0 Å². The van der Waals surface area contributed by atoms with Crippen LogP contribution >= 0.6 is 0 Å². The highest BCUT2D eigenvalue weighted by atomic mass is 32.2. The van der Waals surface area contributed by atoms with E-state index < -0.39 is 21.9 Å². The summed E-state index contributed by atoms with van der Waals surface area (Å²) in [5, 5.41) is 13.4. The second kappa shape index (κ2) is 8.09. The third kappa shape index (κ3) is 5.01. The summed E-state index contributed by atoms with van der Waals surface area (Å²) in [5.41, 5.74) is -0.0506. The highest BCUT2D eigenvalue weighted by Crippen LogP contribution is 2.20. The van der Waals surface area contributed by atoms with E-state index in [1.807, 2.05) is 0 Å². The maximum absolute atomic E-state index is 12.3. The number of hydrogen-bond donors (Lipinski definition) is 3. The van der Waals surface area contributed by atoms with E-state index in [0.29, 0.717) is 6.42 Å².